The molecule has 156 valence electrons. The van der Waals surface area contributed by atoms with Gasteiger partial charge in [0.2, 0.25) is 11.8 Å². The van der Waals surface area contributed by atoms with Gasteiger partial charge in [0, 0.05) is 19.5 Å². The molecule has 1 aromatic heterocycles. The largest absolute Gasteiger partial charge is 0.346 e. The third-order valence-electron chi connectivity index (χ3n) is 5.77. The number of nitrogens with zero attached hydrogens (tertiary/aromatic N) is 2. The fourth-order valence-electron chi connectivity index (χ4n) is 4.01. The van der Waals surface area contributed by atoms with E-state index >= 15 is 0 Å². The molecule has 0 radical (unpaired) electrons. The second-order valence-electron chi connectivity index (χ2n) is 8.35. The molecule has 2 unspecified atom stereocenters. The number of nitrogens with one attached hydrogen (secondary N) is 2. The summed E-state index contributed by atoms with van der Waals surface area (Å²) in [6.45, 7) is 5.24. The highest BCUT2D eigenvalue weighted by atomic mass is 16.2. The van der Waals surface area contributed by atoms with E-state index in [-0.39, 0.29) is 36.1 Å². The number of fused-ring (bicyclic) bond motifs is 1. The van der Waals surface area contributed by atoms with Gasteiger partial charge < -0.3 is 15.2 Å². The minimum absolute atomic E-state index is 0.0518. The second kappa shape index (κ2) is 8.69. The van der Waals surface area contributed by atoms with Crippen molar-refractivity contribution >= 4 is 22.8 Å². The molecule has 1 aliphatic heterocycles. The lowest BCUT2D eigenvalue weighted by Gasteiger charge is -2.22. The third kappa shape index (κ3) is 4.37. The van der Waals surface area contributed by atoms with Gasteiger partial charge in [-0.2, -0.15) is 0 Å². The summed E-state index contributed by atoms with van der Waals surface area (Å²) >= 11 is 0. The van der Waals surface area contributed by atoms with Crippen molar-refractivity contribution in [2.75, 3.05) is 13.1 Å². The quantitative estimate of drug-likeness (QED) is 0.633. The Bertz CT molecular complexity index is 995. The summed E-state index contributed by atoms with van der Waals surface area (Å²) in [5, 5.41) is 3.14. The van der Waals surface area contributed by atoms with Crippen LogP contribution in [0.15, 0.2) is 54.6 Å². The molecule has 6 heteroatoms. The van der Waals surface area contributed by atoms with Crippen LogP contribution in [-0.4, -0.2) is 39.8 Å². The Morgan fingerprint density at radius 3 is 2.63 bits per heavy atom. The highest BCUT2D eigenvalue weighted by Gasteiger charge is 2.35. The molecular formula is C24H28N4O2. The second-order valence-corrected chi connectivity index (χ2v) is 8.35. The van der Waals surface area contributed by atoms with E-state index < -0.39 is 0 Å². The Morgan fingerprint density at radius 1 is 1.17 bits per heavy atom. The van der Waals surface area contributed by atoms with Crippen LogP contribution < -0.4 is 5.32 Å². The molecule has 0 saturated carbocycles. The zero-order valence-electron chi connectivity index (χ0n) is 17.5. The lowest BCUT2D eigenvalue weighted by Crippen LogP contribution is -2.38. The van der Waals surface area contributed by atoms with Crippen molar-refractivity contribution in [2.45, 2.75) is 32.7 Å². The number of amides is 2. The Kier molecular flexibility index (Phi) is 5.84. The van der Waals surface area contributed by atoms with Crippen LogP contribution in [-0.2, 0) is 16.0 Å². The van der Waals surface area contributed by atoms with Crippen molar-refractivity contribution < 1.29 is 9.59 Å². The summed E-state index contributed by atoms with van der Waals surface area (Å²) in [5.41, 5.74) is 3.04. The number of hydrogen-bond acceptors (Lipinski definition) is 3. The highest BCUT2D eigenvalue weighted by molar-refractivity contribution is 5.89. The lowest BCUT2D eigenvalue weighted by molar-refractivity contribution is -0.129. The molecule has 4 rings (SSSR count). The summed E-state index contributed by atoms with van der Waals surface area (Å²) in [7, 11) is 0. The maximum atomic E-state index is 13.0. The van der Waals surface area contributed by atoms with Crippen molar-refractivity contribution in [3.05, 3.63) is 66.0 Å². The highest BCUT2D eigenvalue weighted by Crippen LogP contribution is 2.25. The van der Waals surface area contributed by atoms with E-state index in [1.807, 2.05) is 47.4 Å². The van der Waals surface area contributed by atoms with Gasteiger partial charge in [-0.3, -0.25) is 9.59 Å². The summed E-state index contributed by atoms with van der Waals surface area (Å²) < 4.78 is 0. The van der Waals surface area contributed by atoms with E-state index in [1.165, 1.54) is 5.56 Å². The van der Waals surface area contributed by atoms with Gasteiger partial charge in [0.05, 0.1) is 23.0 Å². The van der Waals surface area contributed by atoms with Gasteiger partial charge in [0.25, 0.3) is 0 Å². The van der Waals surface area contributed by atoms with Crippen LogP contribution >= 0.6 is 0 Å². The Hall–Kier alpha value is -3.15. The van der Waals surface area contributed by atoms with Gasteiger partial charge in [-0.25, -0.2) is 4.98 Å². The minimum atomic E-state index is -0.320. The molecule has 2 amide bonds. The fourth-order valence-corrected chi connectivity index (χ4v) is 4.01. The van der Waals surface area contributed by atoms with E-state index in [4.69, 9.17) is 0 Å². The number of H-pyrrole nitrogens is 1. The molecule has 3 aromatic rings. The van der Waals surface area contributed by atoms with Crippen molar-refractivity contribution in [1.29, 1.82) is 0 Å². The molecule has 1 fully saturated rings. The SMILES string of the molecule is CC(C)C(NC(=O)C1CC(=O)N(CCc2ccccc2)C1)c1nc2ccccc2[nH]1. The molecular weight excluding hydrogens is 376 g/mol. The maximum absolute atomic E-state index is 13.0. The molecule has 6 nitrogen and oxygen atoms in total. The lowest BCUT2D eigenvalue weighted by atomic mass is 10.0. The first kappa shape index (κ1) is 20.1. The number of hydrogen-bond donors (Lipinski definition) is 2. The minimum Gasteiger partial charge on any atom is -0.346 e. The molecule has 1 saturated heterocycles. The van der Waals surface area contributed by atoms with Gasteiger partial charge in [-0.15, -0.1) is 0 Å². The zero-order valence-corrected chi connectivity index (χ0v) is 17.5. The monoisotopic (exact) mass is 404 g/mol. The average molecular weight is 405 g/mol. The van der Waals surface area contributed by atoms with Crippen LogP contribution in [0.25, 0.3) is 11.0 Å². The molecule has 0 bridgehead atoms. The number of aromatic amines is 1. The number of rotatable bonds is 7. The van der Waals surface area contributed by atoms with Gasteiger partial charge in [0.15, 0.2) is 0 Å². The first-order valence-electron chi connectivity index (χ1n) is 10.6. The van der Waals surface area contributed by atoms with Crippen LogP contribution in [0.3, 0.4) is 0 Å². The number of aromatic nitrogens is 2. The molecule has 0 spiro atoms. The predicted octanol–water partition coefficient (Wildman–Crippen LogP) is 3.47. The van der Waals surface area contributed by atoms with Crippen molar-refractivity contribution in [1.82, 2.24) is 20.2 Å². The fraction of sp³-hybridized carbons (Fsp3) is 0.375. The van der Waals surface area contributed by atoms with Crippen LogP contribution in [0, 0.1) is 11.8 Å². The van der Waals surface area contributed by atoms with Gasteiger partial charge in [0.1, 0.15) is 5.82 Å². The molecule has 2 aromatic carbocycles. The van der Waals surface area contributed by atoms with E-state index in [1.54, 1.807) is 0 Å². The van der Waals surface area contributed by atoms with E-state index in [2.05, 4.69) is 41.3 Å². The maximum Gasteiger partial charge on any atom is 0.226 e. The molecule has 2 N–H and O–H groups in total. The molecule has 2 heterocycles. The molecule has 2 atom stereocenters. The topological polar surface area (TPSA) is 78.1 Å². The van der Waals surface area contributed by atoms with Gasteiger partial charge in [-0.05, 0) is 30.0 Å². The Labute approximate surface area is 176 Å². The van der Waals surface area contributed by atoms with Crippen LogP contribution in [0.2, 0.25) is 0 Å². The van der Waals surface area contributed by atoms with Crippen LogP contribution in [0.5, 0.6) is 0 Å². The predicted molar refractivity (Wildman–Crippen MR) is 117 cm³/mol. The number of benzene rings is 2. The Morgan fingerprint density at radius 2 is 1.90 bits per heavy atom. The molecule has 30 heavy (non-hydrogen) atoms. The zero-order chi connectivity index (χ0) is 21.1. The molecule has 0 aliphatic carbocycles. The normalized spacial score (nSPS) is 17.6. The average Bonchev–Trinajstić information content (AvgIpc) is 3.34. The van der Waals surface area contributed by atoms with E-state index in [9.17, 15) is 9.59 Å². The van der Waals surface area contributed by atoms with Crippen molar-refractivity contribution in [2.24, 2.45) is 11.8 Å². The number of carbonyl (C=O) groups is 2. The van der Waals surface area contributed by atoms with E-state index in [0.717, 1.165) is 23.3 Å². The summed E-state index contributed by atoms with van der Waals surface area (Å²) in [5.74, 6) is 0.574. The first-order valence-corrected chi connectivity index (χ1v) is 10.6. The smallest absolute Gasteiger partial charge is 0.226 e. The summed E-state index contributed by atoms with van der Waals surface area (Å²) in [6.07, 6.45) is 1.07. The summed E-state index contributed by atoms with van der Waals surface area (Å²) in [6, 6.07) is 17.7. The number of likely N-dealkylation sites (tertiary alicyclic amines) is 1. The standard InChI is InChI=1S/C24H28N4O2/c1-16(2)22(23-25-19-10-6-7-11-20(19)26-23)27-24(30)18-14-21(29)28(15-18)13-12-17-8-4-3-5-9-17/h3-11,16,18,22H,12-15H2,1-2H3,(H,25,26)(H,27,30). The van der Waals surface area contributed by atoms with Crippen molar-refractivity contribution in [3.63, 3.8) is 0 Å². The molecule has 1 aliphatic rings. The number of carbonyl (C=O) groups excluding carboxylic acids is 2. The Balaban J connectivity index is 1.40. The number of para-hydroxylation sites is 2. The third-order valence-corrected chi connectivity index (χ3v) is 5.77. The van der Waals surface area contributed by atoms with Crippen LogP contribution in [0.4, 0.5) is 0 Å². The van der Waals surface area contributed by atoms with Crippen molar-refractivity contribution in [3.8, 4) is 0 Å². The van der Waals surface area contributed by atoms with Gasteiger partial charge >= 0.3 is 0 Å². The number of imidazole rings is 1. The van der Waals surface area contributed by atoms with Gasteiger partial charge in [-0.1, -0.05) is 56.3 Å². The van der Waals surface area contributed by atoms with Crippen LogP contribution in [0.1, 0.15) is 37.7 Å². The van der Waals surface area contributed by atoms with E-state index in [0.29, 0.717) is 13.1 Å². The summed E-state index contributed by atoms with van der Waals surface area (Å²) in [4.78, 5) is 35.2. The first-order chi connectivity index (χ1) is 14.5.